The molecule has 108 valence electrons. The molecule has 3 rings (SSSR count). The first-order valence-corrected chi connectivity index (χ1v) is 8.65. The zero-order valence-corrected chi connectivity index (χ0v) is 13.8. The molecule has 0 aliphatic carbocycles. The van der Waals surface area contributed by atoms with Crippen LogP contribution in [0.3, 0.4) is 0 Å². The highest BCUT2D eigenvalue weighted by atomic mass is 32.1. The second kappa shape index (κ2) is 5.62. The Morgan fingerprint density at radius 1 is 1.10 bits per heavy atom. The lowest BCUT2D eigenvalue weighted by Crippen LogP contribution is -2.20. The zero-order valence-electron chi connectivity index (χ0n) is 12.2. The van der Waals surface area contributed by atoms with Crippen molar-refractivity contribution in [3.8, 4) is 10.6 Å². The zero-order chi connectivity index (χ0) is 14.9. The van der Waals surface area contributed by atoms with Crippen LogP contribution in [0.25, 0.3) is 10.6 Å². The smallest absolute Gasteiger partial charge is 0.0992 e. The highest BCUT2D eigenvalue weighted by molar-refractivity contribution is 7.14. The van der Waals surface area contributed by atoms with Crippen molar-refractivity contribution in [2.24, 2.45) is 0 Å². The molecule has 4 heteroatoms. The predicted molar refractivity (Wildman–Crippen MR) is 93.0 cm³/mol. The Balaban J connectivity index is 1.83. The topological polar surface area (TPSA) is 38.9 Å². The summed E-state index contributed by atoms with van der Waals surface area (Å²) in [5.74, 6) is 0. The van der Waals surface area contributed by atoms with Crippen LogP contribution in [0.15, 0.2) is 47.2 Å². The largest absolute Gasteiger partial charge is 0.399 e. The quantitative estimate of drug-likeness (QED) is 0.690. The second-order valence-electron chi connectivity index (χ2n) is 5.82. The van der Waals surface area contributed by atoms with Gasteiger partial charge in [-0.3, -0.25) is 0 Å². The molecule has 0 aliphatic rings. The van der Waals surface area contributed by atoms with E-state index in [0.29, 0.717) is 0 Å². The summed E-state index contributed by atoms with van der Waals surface area (Å²) in [4.78, 5) is 6.08. The molecular formula is C17H18N2S2. The van der Waals surface area contributed by atoms with Gasteiger partial charge in [0.25, 0.3) is 0 Å². The van der Waals surface area contributed by atoms with E-state index in [4.69, 9.17) is 10.7 Å². The summed E-state index contributed by atoms with van der Waals surface area (Å²) < 4.78 is 0. The van der Waals surface area contributed by atoms with Gasteiger partial charge in [-0.25, -0.2) is 4.98 Å². The SMILES string of the molecule is CC(C)(Cc1ccc(N)cc1)c1nc(-c2cccs2)cs1. The third-order valence-electron chi connectivity index (χ3n) is 3.48. The van der Waals surface area contributed by atoms with Crippen LogP contribution in [0.5, 0.6) is 0 Å². The molecule has 0 saturated carbocycles. The average molecular weight is 314 g/mol. The van der Waals surface area contributed by atoms with Gasteiger partial charge in [0.15, 0.2) is 0 Å². The number of aromatic nitrogens is 1. The van der Waals surface area contributed by atoms with Crippen LogP contribution in [-0.2, 0) is 11.8 Å². The Bertz CT molecular complexity index is 710. The van der Waals surface area contributed by atoms with E-state index in [1.54, 1.807) is 22.7 Å². The third-order valence-corrected chi connectivity index (χ3v) is 5.58. The summed E-state index contributed by atoms with van der Waals surface area (Å²) in [7, 11) is 0. The summed E-state index contributed by atoms with van der Waals surface area (Å²) in [6, 6.07) is 12.3. The Morgan fingerprint density at radius 2 is 1.86 bits per heavy atom. The summed E-state index contributed by atoms with van der Waals surface area (Å²) >= 11 is 3.48. The number of rotatable bonds is 4. The fourth-order valence-corrected chi connectivity index (χ4v) is 4.05. The van der Waals surface area contributed by atoms with Crippen molar-refractivity contribution in [3.63, 3.8) is 0 Å². The van der Waals surface area contributed by atoms with Crippen LogP contribution in [0, 0.1) is 0 Å². The summed E-state index contributed by atoms with van der Waals surface area (Å²) in [5, 5.41) is 5.43. The molecule has 2 nitrogen and oxygen atoms in total. The van der Waals surface area contributed by atoms with E-state index < -0.39 is 0 Å². The maximum atomic E-state index is 5.75. The number of thiophene rings is 1. The van der Waals surface area contributed by atoms with E-state index in [2.05, 4.69) is 48.9 Å². The lowest BCUT2D eigenvalue weighted by Gasteiger charge is -2.22. The van der Waals surface area contributed by atoms with Gasteiger partial charge in [-0.05, 0) is 35.6 Å². The molecule has 1 aromatic carbocycles. The lowest BCUT2D eigenvalue weighted by atomic mass is 9.86. The first-order valence-electron chi connectivity index (χ1n) is 6.89. The van der Waals surface area contributed by atoms with Crippen LogP contribution >= 0.6 is 22.7 Å². The van der Waals surface area contributed by atoms with Gasteiger partial charge in [0.1, 0.15) is 0 Å². The summed E-state index contributed by atoms with van der Waals surface area (Å²) in [6.45, 7) is 4.50. The maximum Gasteiger partial charge on any atom is 0.0992 e. The van der Waals surface area contributed by atoms with Crippen molar-refractivity contribution >= 4 is 28.4 Å². The van der Waals surface area contributed by atoms with Gasteiger partial charge in [-0.15, -0.1) is 22.7 Å². The summed E-state index contributed by atoms with van der Waals surface area (Å²) in [6.07, 6.45) is 0.963. The normalized spacial score (nSPS) is 11.7. The molecule has 0 aliphatic heterocycles. The fourth-order valence-electron chi connectivity index (χ4n) is 2.34. The molecule has 0 unspecified atom stereocenters. The minimum Gasteiger partial charge on any atom is -0.399 e. The van der Waals surface area contributed by atoms with Gasteiger partial charge in [0.2, 0.25) is 0 Å². The van der Waals surface area contributed by atoms with Gasteiger partial charge < -0.3 is 5.73 Å². The van der Waals surface area contributed by atoms with E-state index in [1.807, 2.05) is 12.1 Å². The van der Waals surface area contributed by atoms with Crippen LogP contribution in [0.1, 0.15) is 24.4 Å². The highest BCUT2D eigenvalue weighted by Crippen LogP contribution is 2.34. The number of nitrogens with zero attached hydrogens (tertiary/aromatic N) is 1. The number of benzene rings is 1. The minimum absolute atomic E-state index is 0.0241. The Labute approximate surface area is 133 Å². The van der Waals surface area contributed by atoms with Crippen LogP contribution in [0.2, 0.25) is 0 Å². The lowest BCUT2D eigenvalue weighted by molar-refractivity contribution is 0.519. The molecular weight excluding hydrogens is 296 g/mol. The molecule has 21 heavy (non-hydrogen) atoms. The molecule has 0 bridgehead atoms. The monoisotopic (exact) mass is 314 g/mol. The molecule has 3 aromatic rings. The second-order valence-corrected chi connectivity index (χ2v) is 7.62. The van der Waals surface area contributed by atoms with Gasteiger partial charge >= 0.3 is 0 Å². The van der Waals surface area contributed by atoms with E-state index in [9.17, 15) is 0 Å². The van der Waals surface area contributed by atoms with Crippen molar-refractivity contribution in [1.29, 1.82) is 0 Å². The Hall–Kier alpha value is -1.65. The fraction of sp³-hybridized carbons (Fsp3) is 0.235. The molecule has 0 radical (unpaired) electrons. The third kappa shape index (κ3) is 3.17. The number of thiazole rings is 1. The first kappa shape index (κ1) is 14.3. The standard InChI is InChI=1S/C17H18N2S2/c1-17(2,10-12-5-7-13(18)8-6-12)16-19-14(11-21-16)15-4-3-9-20-15/h3-9,11H,10,18H2,1-2H3. The van der Waals surface area contributed by atoms with Gasteiger partial charge in [-0.2, -0.15) is 0 Å². The average Bonchev–Trinajstić information content (AvgIpc) is 3.11. The minimum atomic E-state index is 0.0241. The van der Waals surface area contributed by atoms with Gasteiger partial charge in [-0.1, -0.05) is 32.0 Å². The number of hydrogen-bond acceptors (Lipinski definition) is 4. The number of hydrogen-bond donors (Lipinski definition) is 1. The number of anilines is 1. The summed E-state index contributed by atoms with van der Waals surface area (Å²) in [5.41, 5.74) is 8.97. The Kier molecular flexibility index (Phi) is 3.83. The highest BCUT2D eigenvalue weighted by Gasteiger charge is 2.25. The van der Waals surface area contributed by atoms with Crippen LogP contribution in [0.4, 0.5) is 5.69 Å². The van der Waals surface area contributed by atoms with Crippen LogP contribution < -0.4 is 5.73 Å². The van der Waals surface area contributed by atoms with Crippen molar-refractivity contribution in [1.82, 2.24) is 4.98 Å². The molecule has 0 atom stereocenters. The molecule has 0 spiro atoms. The molecule has 0 amide bonds. The van der Waals surface area contributed by atoms with Crippen molar-refractivity contribution < 1.29 is 0 Å². The molecule has 0 fully saturated rings. The van der Waals surface area contributed by atoms with Gasteiger partial charge in [0, 0.05) is 16.5 Å². The van der Waals surface area contributed by atoms with E-state index in [-0.39, 0.29) is 5.41 Å². The molecule has 2 aromatic heterocycles. The van der Waals surface area contributed by atoms with E-state index >= 15 is 0 Å². The first-order chi connectivity index (χ1) is 10.0. The van der Waals surface area contributed by atoms with Gasteiger partial charge in [0.05, 0.1) is 15.6 Å². The molecule has 2 N–H and O–H groups in total. The van der Waals surface area contributed by atoms with Crippen molar-refractivity contribution in [2.75, 3.05) is 5.73 Å². The van der Waals surface area contributed by atoms with Crippen molar-refractivity contribution in [3.05, 3.63) is 57.7 Å². The molecule has 0 saturated heterocycles. The maximum absolute atomic E-state index is 5.75. The predicted octanol–water partition coefficient (Wildman–Crippen LogP) is 4.97. The van der Waals surface area contributed by atoms with E-state index in [1.165, 1.54) is 15.4 Å². The van der Waals surface area contributed by atoms with Crippen molar-refractivity contribution in [2.45, 2.75) is 25.7 Å². The number of nitrogens with two attached hydrogens (primary N) is 1. The van der Waals surface area contributed by atoms with Crippen LogP contribution in [-0.4, -0.2) is 4.98 Å². The number of nitrogen functional groups attached to an aromatic ring is 1. The Morgan fingerprint density at radius 3 is 2.52 bits per heavy atom. The van der Waals surface area contributed by atoms with E-state index in [0.717, 1.165) is 17.8 Å². The molecule has 2 heterocycles.